The van der Waals surface area contributed by atoms with Gasteiger partial charge in [0.15, 0.2) is 0 Å². The summed E-state index contributed by atoms with van der Waals surface area (Å²) in [5.41, 5.74) is 3.42. The van der Waals surface area contributed by atoms with Crippen LogP contribution in [0.4, 0.5) is 23.5 Å². The molecule has 14 heteroatoms. The van der Waals surface area contributed by atoms with Crippen molar-refractivity contribution in [2.75, 3.05) is 45.7 Å². The van der Waals surface area contributed by atoms with Crippen LogP contribution in [0, 0.1) is 5.82 Å². The molecule has 0 spiro atoms. The summed E-state index contributed by atoms with van der Waals surface area (Å²) in [5, 5.41) is 4.43. The third kappa shape index (κ3) is 9.73. The minimum absolute atomic E-state index is 0.181. The van der Waals surface area contributed by atoms with Gasteiger partial charge in [-0.1, -0.05) is 53.5 Å². The van der Waals surface area contributed by atoms with Gasteiger partial charge in [0.25, 0.3) is 5.91 Å². The van der Waals surface area contributed by atoms with Gasteiger partial charge in [-0.3, -0.25) is 4.79 Å². The fourth-order valence-corrected chi connectivity index (χ4v) is 7.01. The lowest BCUT2D eigenvalue weighted by Gasteiger charge is -2.34. The molecule has 1 aromatic heterocycles. The van der Waals surface area contributed by atoms with E-state index in [1.807, 2.05) is 30.3 Å². The number of piperidine rings is 1. The number of imidazole rings is 1. The molecule has 6 rings (SSSR count). The fourth-order valence-electron chi connectivity index (χ4n) is 6.71. The molecule has 1 fully saturated rings. The van der Waals surface area contributed by atoms with Crippen LogP contribution in [0.15, 0.2) is 84.9 Å². The van der Waals surface area contributed by atoms with E-state index >= 15 is 0 Å². The fraction of sp³-hybridized carbons (Fsp3) is 0.333. The highest BCUT2D eigenvalue weighted by Gasteiger charge is 2.34. The average molecular weight is 773 g/mol. The van der Waals surface area contributed by atoms with Gasteiger partial charge in [0.2, 0.25) is 5.95 Å². The molecule has 0 radical (unpaired) electrons. The molecule has 1 amide bonds. The molecule has 4 aromatic carbocycles. The largest absolute Gasteiger partial charge is 0.573 e. The predicted molar refractivity (Wildman–Crippen MR) is 199 cm³/mol. The molecule has 0 saturated carbocycles. The molecule has 1 N–H and O–H groups in total. The van der Waals surface area contributed by atoms with Crippen LogP contribution in [0.5, 0.6) is 11.5 Å². The maximum absolute atomic E-state index is 13.6. The number of anilines is 1. The molecule has 5 aromatic rings. The normalized spacial score (nSPS) is 14.6. The summed E-state index contributed by atoms with van der Waals surface area (Å²) in [7, 11) is 2.91. The minimum Gasteiger partial charge on any atom is -0.497 e. The minimum atomic E-state index is -4.98. The van der Waals surface area contributed by atoms with Gasteiger partial charge in [0.05, 0.1) is 40.3 Å². The zero-order chi connectivity index (χ0) is 37.7. The van der Waals surface area contributed by atoms with Crippen LogP contribution in [0.3, 0.4) is 0 Å². The number of methoxy groups -OCH3 is 1. The molecular formula is C39H39Cl2F4N5O3. The number of nitrogens with zero attached hydrogens (tertiary/aromatic N) is 4. The zero-order valence-corrected chi connectivity index (χ0v) is 30.7. The number of hydrogen-bond acceptors (Lipinski definition) is 6. The van der Waals surface area contributed by atoms with Crippen molar-refractivity contribution in [3.63, 3.8) is 0 Å². The molecule has 0 aliphatic carbocycles. The number of alkyl halides is 3. The van der Waals surface area contributed by atoms with Gasteiger partial charge in [0, 0.05) is 38.6 Å². The molecule has 0 bridgehead atoms. The Hall–Kier alpha value is -4.52. The summed E-state index contributed by atoms with van der Waals surface area (Å²) >= 11 is 12.6. The van der Waals surface area contributed by atoms with Crippen molar-refractivity contribution in [1.82, 2.24) is 19.4 Å². The number of nitrogens with one attached hydrogen (secondary N) is 1. The zero-order valence-electron chi connectivity index (χ0n) is 29.2. The van der Waals surface area contributed by atoms with Crippen LogP contribution in [-0.2, 0) is 6.54 Å². The lowest BCUT2D eigenvalue weighted by molar-refractivity contribution is -0.274. The summed E-state index contributed by atoms with van der Waals surface area (Å²) < 4.78 is 64.7. The molecular weight excluding hydrogens is 733 g/mol. The smallest absolute Gasteiger partial charge is 0.497 e. The maximum atomic E-state index is 13.6. The number of amides is 1. The van der Waals surface area contributed by atoms with E-state index in [0.717, 1.165) is 60.1 Å². The summed E-state index contributed by atoms with van der Waals surface area (Å²) in [6.07, 6.45) is -2.60. The number of halogens is 6. The van der Waals surface area contributed by atoms with E-state index in [-0.39, 0.29) is 35.6 Å². The van der Waals surface area contributed by atoms with Crippen LogP contribution in [-0.4, -0.2) is 78.0 Å². The Morgan fingerprint density at radius 2 is 1.74 bits per heavy atom. The summed E-state index contributed by atoms with van der Waals surface area (Å²) in [6, 6.07) is 23.5. The van der Waals surface area contributed by atoms with Crippen molar-refractivity contribution in [3.05, 3.63) is 117 Å². The monoisotopic (exact) mass is 771 g/mol. The number of carbonyl (C=O) groups is 1. The van der Waals surface area contributed by atoms with Gasteiger partial charge >= 0.3 is 6.36 Å². The number of likely N-dealkylation sites (N-methyl/N-ethyl adjacent to an activating group) is 1. The SMILES string of the molecule is COc1ccc(OC(F)(F)F)c(C(=O)N(C)CC(CCN2CCC(Nc3nc4ccccc4n3Cc3ccc(F)cc3)CC2)c2ccc(Cl)c(Cl)c2)c1. The third-order valence-corrected chi connectivity index (χ3v) is 10.3. The van der Waals surface area contributed by atoms with Crippen molar-refractivity contribution in [1.29, 1.82) is 0 Å². The van der Waals surface area contributed by atoms with E-state index in [0.29, 0.717) is 29.6 Å². The first-order valence-corrected chi connectivity index (χ1v) is 17.9. The number of likely N-dealkylation sites (tertiary alicyclic amines) is 1. The van der Waals surface area contributed by atoms with Crippen LogP contribution in [0.2, 0.25) is 10.0 Å². The number of ether oxygens (including phenoxy) is 2. The van der Waals surface area contributed by atoms with Crippen LogP contribution in [0.25, 0.3) is 11.0 Å². The number of benzene rings is 4. The second-order valence-corrected chi connectivity index (χ2v) is 14.0. The molecule has 1 saturated heterocycles. The molecule has 1 atom stereocenters. The van der Waals surface area contributed by atoms with Crippen molar-refractivity contribution in [2.24, 2.45) is 0 Å². The lowest BCUT2D eigenvalue weighted by atomic mass is 9.94. The van der Waals surface area contributed by atoms with Crippen molar-refractivity contribution in [2.45, 2.75) is 44.1 Å². The van der Waals surface area contributed by atoms with Gasteiger partial charge in [-0.25, -0.2) is 9.37 Å². The third-order valence-electron chi connectivity index (χ3n) is 9.52. The quantitative estimate of drug-likeness (QED) is 0.120. The highest BCUT2D eigenvalue weighted by Crippen LogP contribution is 2.33. The number of rotatable bonds is 13. The predicted octanol–water partition coefficient (Wildman–Crippen LogP) is 9.26. The first kappa shape index (κ1) is 38.2. The molecule has 2 heterocycles. The van der Waals surface area contributed by atoms with E-state index in [9.17, 15) is 22.4 Å². The van der Waals surface area contributed by atoms with E-state index in [4.69, 9.17) is 32.9 Å². The van der Waals surface area contributed by atoms with Crippen LogP contribution < -0.4 is 14.8 Å². The Labute approximate surface area is 315 Å². The molecule has 280 valence electrons. The first-order valence-electron chi connectivity index (χ1n) is 17.2. The molecule has 8 nitrogen and oxygen atoms in total. The average Bonchev–Trinajstić information content (AvgIpc) is 3.48. The number of para-hydroxylation sites is 2. The number of hydrogen-bond donors (Lipinski definition) is 1. The van der Waals surface area contributed by atoms with Gasteiger partial charge < -0.3 is 29.2 Å². The van der Waals surface area contributed by atoms with Gasteiger partial charge in [-0.05, 0) is 91.5 Å². The number of carbonyl (C=O) groups excluding carboxylic acids is 1. The Kier molecular flexibility index (Phi) is 12.0. The number of aromatic nitrogens is 2. The maximum Gasteiger partial charge on any atom is 0.573 e. The second kappa shape index (κ2) is 16.7. The Balaban J connectivity index is 1.12. The summed E-state index contributed by atoms with van der Waals surface area (Å²) in [6.45, 7) is 3.09. The Morgan fingerprint density at radius 1 is 1.00 bits per heavy atom. The Bertz CT molecular complexity index is 2030. The van der Waals surface area contributed by atoms with Crippen molar-refractivity contribution in [3.8, 4) is 11.5 Å². The van der Waals surface area contributed by atoms with E-state index in [1.165, 1.54) is 36.3 Å². The molecule has 1 aliphatic heterocycles. The lowest BCUT2D eigenvalue weighted by Crippen LogP contribution is -2.40. The summed E-state index contributed by atoms with van der Waals surface area (Å²) in [5.74, 6) is -0.755. The topological polar surface area (TPSA) is 71.9 Å². The van der Waals surface area contributed by atoms with E-state index in [2.05, 4.69) is 19.5 Å². The highest BCUT2D eigenvalue weighted by molar-refractivity contribution is 6.42. The van der Waals surface area contributed by atoms with Crippen LogP contribution in [0.1, 0.15) is 46.7 Å². The molecule has 53 heavy (non-hydrogen) atoms. The number of fused-ring (bicyclic) bond motifs is 1. The standard InChI is InChI=1S/C39H39Cl2F4N5O3/c1-48(37(51)31-22-30(52-2)12-14-36(31)53-39(43,44)45)24-27(26-9-13-32(40)33(41)21-26)15-18-49-19-16-29(17-20-49)46-38-47-34-5-3-4-6-35(34)50(38)23-25-7-10-28(42)11-8-25/h3-14,21-22,27,29H,15-20,23-24H2,1-2H3,(H,46,47). The molecule has 1 aliphatic rings. The Morgan fingerprint density at radius 3 is 2.43 bits per heavy atom. The van der Waals surface area contributed by atoms with Crippen molar-refractivity contribution >= 4 is 46.1 Å². The van der Waals surface area contributed by atoms with Crippen LogP contribution >= 0.6 is 23.2 Å². The van der Waals surface area contributed by atoms with Gasteiger partial charge in [-0.2, -0.15) is 0 Å². The van der Waals surface area contributed by atoms with Gasteiger partial charge in [0.1, 0.15) is 17.3 Å². The first-order chi connectivity index (χ1) is 25.4. The second-order valence-electron chi connectivity index (χ2n) is 13.2. The van der Waals surface area contributed by atoms with Gasteiger partial charge in [-0.15, -0.1) is 13.2 Å². The molecule has 1 unspecified atom stereocenters. The van der Waals surface area contributed by atoms with E-state index < -0.39 is 18.0 Å². The van der Waals surface area contributed by atoms with Crippen molar-refractivity contribution < 1.29 is 31.8 Å². The van der Waals surface area contributed by atoms with E-state index in [1.54, 1.807) is 31.3 Å². The summed E-state index contributed by atoms with van der Waals surface area (Å²) in [4.78, 5) is 22.3. The highest BCUT2D eigenvalue weighted by atomic mass is 35.5.